The number of nitrogens with two attached hydrogens (primary N) is 1. The Hall–Kier alpha value is -1.01. The number of hydrogen-bond donors (Lipinski definition) is 1. The first-order valence-corrected chi connectivity index (χ1v) is 8.79. The topological polar surface area (TPSA) is 127 Å². The van der Waals surface area contributed by atoms with E-state index < -0.39 is 20.2 Å². The number of hydrogen-bond acceptors (Lipinski definition) is 6. The summed E-state index contributed by atoms with van der Waals surface area (Å²) in [4.78, 5) is 0.0431. The molecule has 2 heterocycles. The van der Waals surface area contributed by atoms with Gasteiger partial charge >= 0.3 is 0 Å². The third kappa shape index (κ3) is 2.72. The van der Waals surface area contributed by atoms with Gasteiger partial charge in [0.1, 0.15) is 10.6 Å². The van der Waals surface area contributed by atoms with E-state index in [1.54, 1.807) is 6.92 Å². The predicted octanol–water partition coefficient (Wildman–Crippen LogP) is -1.20. The van der Waals surface area contributed by atoms with Crippen LogP contribution in [0.4, 0.5) is 0 Å². The van der Waals surface area contributed by atoms with Crippen LogP contribution < -0.4 is 5.14 Å². The summed E-state index contributed by atoms with van der Waals surface area (Å²) in [5, 5.41) is 8.64. The lowest BCUT2D eigenvalue weighted by Crippen LogP contribution is -2.52. The largest absolute Gasteiger partial charge is 0.360 e. The van der Waals surface area contributed by atoms with Crippen molar-refractivity contribution in [1.29, 1.82) is 0 Å². The molecule has 1 aromatic rings. The molecule has 0 aliphatic carbocycles. The van der Waals surface area contributed by atoms with E-state index in [9.17, 15) is 16.8 Å². The molecule has 1 saturated heterocycles. The highest BCUT2D eigenvalue weighted by Crippen LogP contribution is 2.24. The van der Waals surface area contributed by atoms with Crippen LogP contribution >= 0.6 is 0 Å². The highest BCUT2D eigenvalue weighted by Gasteiger charge is 2.35. The summed E-state index contributed by atoms with van der Waals surface area (Å²) in [5.74, 6) is 0.219. The molecule has 11 heteroatoms. The smallest absolute Gasteiger partial charge is 0.276 e. The van der Waals surface area contributed by atoms with Crippen LogP contribution in [0.2, 0.25) is 0 Å². The van der Waals surface area contributed by atoms with E-state index in [1.807, 2.05) is 0 Å². The Kier molecular flexibility index (Phi) is 3.90. The van der Waals surface area contributed by atoms with Gasteiger partial charge in [0.15, 0.2) is 5.76 Å². The molecule has 0 spiro atoms. The summed E-state index contributed by atoms with van der Waals surface area (Å²) in [6.07, 6.45) is 0. The normalized spacial score (nSPS) is 19.4. The van der Waals surface area contributed by atoms with E-state index in [2.05, 4.69) is 5.16 Å². The standard InChI is InChI=1S/C9H16N4O5S2/c1-7-9(8(2)18-11-7)19(14,15)12-3-5-13(6-4-12)20(10,16)17/h3-6H2,1-2H3,(H2,10,16,17). The maximum Gasteiger partial charge on any atom is 0.276 e. The zero-order valence-corrected chi connectivity index (χ0v) is 12.7. The number of aromatic nitrogens is 1. The van der Waals surface area contributed by atoms with Gasteiger partial charge < -0.3 is 4.52 Å². The lowest BCUT2D eigenvalue weighted by Gasteiger charge is -2.31. The highest BCUT2D eigenvalue weighted by atomic mass is 32.2. The Morgan fingerprint density at radius 2 is 1.55 bits per heavy atom. The van der Waals surface area contributed by atoms with Crippen molar-refractivity contribution in [2.75, 3.05) is 26.2 Å². The first-order valence-electron chi connectivity index (χ1n) is 5.85. The van der Waals surface area contributed by atoms with Gasteiger partial charge in [0.2, 0.25) is 10.0 Å². The summed E-state index contributed by atoms with van der Waals surface area (Å²) >= 11 is 0. The van der Waals surface area contributed by atoms with Crippen LogP contribution in [0.1, 0.15) is 11.5 Å². The highest BCUT2D eigenvalue weighted by molar-refractivity contribution is 7.89. The number of nitrogens with zero attached hydrogens (tertiary/aromatic N) is 3. The van der Waals surface area contributed by atoms with Crippen molar-refractivity contribution in [3.63, 3.8) is 0 Å². The fourth-order valence-electron chi connectivity index (χ4n) is 2.14. The molecule has 0 aromatic carbocycles. The van der Waals surface area contributed by atoms with Gasteiger partial charge in [0, 0.05) is 26.2 Å². The SMILES string of the molecule is Cc1noc(C)c1S(=O)(=O)N1CCN(S(N)(=O)=O)CC1. The number of sulfonamides is 1. The maximum absolute atomic E-state index is 12.5. The average molecular weight is 324 g/mol. The first-order chi connectivity index (χ1) is 9.14. The fraction of sp³-hybridized carbons (Fsp3) is 0.667. The lowest BCUT2D eigenvalue weighted by atomic mass is 10.4. The van der Waals surface area contributed by atoms with Gasteiger partial charge in [-0.3, -0.25) is 0 Å². The van der Waals surface area contributed by atoms with Crippen molar-refractivity contribution in [3.05, 3.63) is 11.5 Å². The quantitative estimate of drug-likeness (QED) is 0.744. The maximum atomic E-state index is 12.5. The summed E-state index contributed by atoms with van der Waals surface area (Å²) in [6.45, 7) is 3.21. The van der Waals surface area contributed by atoms with Crippen LogP contribution in [-0.2, 0) is 20.2 Å². The monoisotopic (exact) mass is 324 g/mol. The second-order valence-electron chi connectivity index (χ2n) is 4.50. The third-order valence-corrected chi connectivity index (χ3v) is 6.35. The van der Waals surface area contributed by atoms with Crippen LogP contribution in [0.3, 0.4) is 0 Å². The molecule has 0 saturated carbocycles. The molecule has 0 radical (unpaired) electrons. The zero-order chi connectivity index (χ0) is 15.1. The van der Waals surface area contributed by atoms with E-state index in [0.717, 1.165) is 4.31 Å². The Morgan fingerprint density at radius 3 is 1.95 bits per heavy atom. The van der Waals surface area contributed by atoms with Gasteiger partial charge in [-0.15, -0.1) is 0 Å². The van der Waals surface area contributed by atoms with Crippen molar-refractivity contribution in [1.82, 2.24) is 13.8 Å². The minimum atomic E-state index is -3.78. The van der Waals surface area contributed by atoms with Gasteiger partial charge in [-0.1, -0.05) is 5.16 Å². The van der Waals surface area contributed by atoms with Crippen molar-refractivity contribution < 1.29 is 21.4 Å². The van der Waals surface area contributed by atoms with Gasteiger partial charge in [-0.25, -0.2) is 13.6 Å². The molecule has 0 unspecified atom stereocenters. The van der Waals surface area contributed by atoms with E-state index in [4.69, 9.17) is 9.66 Å². The van der Waals surface area contributed by atoms with Crippen LogP contribution in [0.25, 0.3) is 0 Å². The lowest BCUT2D eigenvalue weighted by molar-refractivity contribution is 0.272. The molecule has 2 rings (SSSR count). The zero-order valence-electron chi connectivity index (χ0n) is 11.1. The molecule has 1 aliphatic heterocycles. The van der Waals surface area contributed by atoms with Crippen LogP contribution in [0.15, 0.2) is 9.42 Å². The van der Waals surface area contributed by atoms with Crippen molar-refractivity contribution in [3.8, 4) is 0 Å². The molecule has 1 fully saturated rings. The number of rotatable bonds is 3. The molecule has 2 N–H and O–H groups in total. The minimum Gasteiger partial charge on any atom is -0.360 e. The summed E-state index contributed by atoms with van der Waals surface area (Å²) in [5.41, 5.74) is 0.288. The van der Waals surface area contributed by atoms with Gasteiger partial charge in [-0.2, -0.15) is 17.0 Å². The van der Waals surface area contributed by atoms with Gasteiger partial charge in [0.25, 0.3) is 10.2 Å². The number of aryl methyl sites for hydroxylation is 2. The Morgan fingerprint density at radius 1 is 1.05 bits per heavy atom. The fourth-order valence-corrected chi connectivity index (χ4v) is 4.52. The molecule has 0 atom stereocenters. The molecule has 1 aromatic heterocycles. The van der Waals surface area contributed by atoms with Crippen LogP contribution in [0, 0.1) is 13.8 Å². The van der Waals surface area contributed by atoms with Crippen LogP contribution in [0.5, 0.6) is 0 Å². The van der Waals surface area contributed by atoms with Gasteiger partial charge in [-0.05, 0) is 13.8 Å². The number of piperazine rings is 1. The molecule has 9 nitrogen and oxygen atoms in total. The Labute approximate surface area is 117 Å². The van der Waals surface area contributed by atoms with E-state index in [1.165, 1.54) is 11.2 Å². The third-order valence-electron chi connectivity index (χ3n) is 3.12. The van der Waals surface area contributed by atoms with Gasteiger partial charge in [0.05, 0.1) is 0 Å². The first kappa shape index (κ1) is 15.4. The molecular weight excluding hydrogens is 308 g/mol. The summed E-state index contributed by atoms with van der Waals surface area (Å²) in [7, 11) is -7.52. The molecule has 0 bridgehead atoms. The molecule has 1 aliphatic rings. The molecular formula is C9H16N4O5S2. The molecule has 20 heavy (non-hydrogen) atoms. The second-order valence-corrected chi connectivity index (χ2v) is 7.92. The Balaban J connectivity index is 2.22. The van der Waals surface area contributed by atoms with Crippen molar-refractivity contribution >= 4 is 20.2 Å². The van der Waals surface area contributed by atoms with Crippen LogP contribution in [-0.4, -0.2) is 56.8 Å². The summed E-state index contributed by atoms with van der Waals surface area (Å²) in [6, 6.07) is 0. The van der Waals surface area contributed by atoms with E-state index in [0.29, 0.717) is 0 Å². The Bertz CT molecular complexity index is 681. The minimum absolute atomic E-state index is 0.0292. The second kappa shape index (κ2) is 5.07. The van der Waals surface area contributed by atoms with E-state index in [-0.39, 0.29) is 42.5 Å². The van der Waals surface area contributed by atoms with E-state index >= 15 is 0 Å². The molecule has 0 amide bonds. The summed E-state index contributed by atoms with van der Waals surface area (Å²) < 4.78 is 54.4. The molecule has 114 valence electrons. The average Bonchev–Trinajstić information content (AvgIpc) is 2.68. The van der Waals surface area contributed by atoms with Crippen molar-refractivity contribution in [2.45, 2.75) is 18.7 Å². The van der Waals surface area contributed by atoms with Crippen molar-refractivity contribution in [2.24, 2.45) is 5.14 Å². The predicted molar refractivity (Wildman–Crippen MR) is 69.4 cm³/mol.